The van der Waals surface area contributed by atoms with Crippen LogP contribution < -0.4 is 5.73 Å². The molecule has 0 amide bonds. The lowest BCUT2D eigenvalue weighted by Crippen LogP contribution is -2.43. The Bertz CT molecular complexity index is 182. The van der Waals surface area contributed by atoms with Gasteiger partial charge in [-0.1, -0.05) is 34.6 Å². The second kappa shape index (κ2) is 6.61. The van der Waals surface area contributed by atoms with Crippen molar-refractivity contribution in [2.24, 2.45) is 23.0 Å². The van der Waals surface area contributed by atoms with Crippen molar-refractivity contribution in [3.05, 3.63) is 0 Å². The summed E-state index contributed by atoms with van der Waals surface area (Å²) in [7, 11) is 2.22. The van der Waals surface area contributed by atoms with E-state index >= 15 is 0 Å². The molecule has 0 bridgehead atoms. The summed E-state index contributed by atoms with van der Waals surface area (Å²) >= 11 is 0. The summed E-state index contributed by atoms with van der Waals surface area (Å²) in [5, 5.41) is 0. The van der Waals surface area contributed by atoms with Crippen LogP contribution in [-0.2, 0) is 0 Å². The van der Waals surface area contributed by atoms with Crippen molar-refractivity contribution in [2.45, 2.75) is 54.0 Å². The predicted molar refractivity (Wildman–Crippen MR) is 73.5 cm³/mol. The first-order chi connectivity index (χ1) is 7.18. The molecule has 0 fully saturated rings. The Kier molecular flexibility index (Phi) is 6.57. The lowest BCUT2D eigenvalue weighted by atomic mass is 9.86. The van der Waals surface area contributed by atoms with Crippen molar-refractivity contribution in [1.29, 1.82) is 0 Å². The van der Waals surface area contributed by atoms with Gasteiger partial charge in [-0.25, -0.2) is 0 Å². The molecule has 98 valence electrons. The van der Waals surface area contributed by atoms with E-state index in [0.717, 1.165) is 19.0 Å². The van der Waals surface area contributed by atoms with Gasteiger partial charge in [0.25, 0.3) is 0 Å². The minimum Gasteiger partial charge on any atom is -0.330 e. The van der Waals surface area contributed by atoms with Crippen LogP contribution in [0.2, 0.25) is 0 Å². The molecule has 0 aromatic carbocycles. The van der Waals surface area contributed by atoms with E-state index in [-0.39, 0.29) is 0 Å². The summed E-state index contributed by atoms with van der Waals surface area (Å²) < 4.78 is 0. The lowest BCUT2D eigenvalue weighted by molar-refractivity contribution is 0.119. The van der Waals surface area contributed by atoms with E-state index in [0.29, 0.717) is 17.4 Å². The van der Waals surface area contributed by atoms with Crippen molar-refractivity contribution < 1.29 is 0 Å². The maximum Gasteiger partial charge on any atom is 0.0112 e. The molecule has 0 rings (SSSR count). The number of hydrogen-bond donors (Lipinski definition) is 1. The molecule has 2 atom stereocenters. The molecule has 0 radical (unpaired) electrons. The van der Waals surface area contributed by atoms with Crippen LogP contribution in [0.25, 0.3) is 0 Å². The molecule has 0 spiro atoms. The van der Waals surface area contributed by atoms with Gasteiger partial charge in [0.1, 0.15) is 0 Å². The van der Waals surface area contributed by atoms with E-state index in [1.807, 2.05) is 0 Å². The third kappa shape index (κ3) is 5.86. The van der Waals surface area contributed by atoms with Gasteiger partial charge in [-0.3, -0.25) is 0 Å². The van der Waals surface area contributed by atoms with Gasteiger partial charge in [-0.05, 0) is 44.2 Å². The highest BCUT2D eigenvalue weighted by molar-refractivity contribution is 4.79. The average Bonchev–Trinajstić information content (AvgIpc) is 2.13. The zero-order chi connectivity index (χ0) is 12.9. The lowest BCUT2D eigenvalue weighted by Gasteiger charge is -2.37. The monoisotopic (exact) mass is 228 g/mol. The van der Waals surface area contributed by atoms with Crippen LogP contribution in [0, 0.1) is 17.3 Å². The first-order valence-corrected chi connectivity index (χ1v) is 6.58. The molecule has 2 unspecified atom stereocenters. The standard InChI is InChI=1S/C14H32N2/c1-11(2)8-13(9-15)10-16(7)12(3)14(4,5)6/h11-13H,8-10,15H2,1-7H3. The average molecular weight is 228 g/mol. The van der Waals surface area contributed by atoms with E-state index in [4.69, 9.17) is 5.73 Å². The highest BCUT2D eigenvalue weighted by Crippen LogP contribution is 2.24. The molecule has 0 aliphatic heterocycles. The Balaban J connectivity index is 4.24. The Morgan fingerprint density at radius 3 is 1.94 bits per heavy atom. The van der Waals surface area contributed by atoms with Crippen LogP contribution in [0.5, 0.6) is 0 Å². The van der Waals surface area contributed by atoms with Crippen LogP contribution in [-0.4, -0.2) is 31.1 Å². The largest absolute Gasteiger partial charge is 0.330 e. The van der Waals surface area contributed by atoms with Gasteiger partial charge in [-0.2, -0.15) is 0 Å². The van der Waals surface area contributed by atoms with Gasteiger partial charge in [0.05, 0.1) is 0 Å². The fourth-order valence-electron chi connectivity index (χ4n) is 2.14. The molecular formula is C14H32N2. The van der Waals surface area contributed by atoms with Crippen molar-refractivity contribution in [3.63, 3.8) is 0 Å². The normalized spacial score (nSPS) is 16.9. The van der Waals surface area contributed by atoms with Crippen molar-refractivity contribution in [3.8, 4) is 0 Å². The van der Waals surface area contributed by atoms with E-state index in [1.165, 1.54) is 6.42 Å². The maximum atomic E-state index is 5.85. The first-order valence-electron chi connectivity index (χ1n) is 6.58. The predicted octanol–water partition coefficient (Wildman–Crippen LogP) is 2.97. The van der Waals surface area contributed by atoms with Crippen LogP contribution >= 0.6 is 0 Å². The van der Waals surface area contributed by atoms with E-state index in [1.54, 1.807) is 0 Å². The first kappa shape index (κ1) is 15.9. The Hall–Kier alpha value is -0.0800. The molecule has 0 aliphatic carbocycles. The number of nitrogens with zero attached hydrogens (tertiary/aromatic N) is 1. The van der Waals surface area contributed by atoms with Gasteiger partial charge in [-0.15, -0.1) is 0 Å². The summed E-state index contributed by atoms with van der Waals surface area (Å²) in [6.45, 7) is 15.7. The molecule has 2 heteroatoms. The van der Waals surface area contributed by atoms with Gasteiger partial charge < -0.3 is 10.6 Å². The topological polar surface area (TPSA) is 29.3 Å². The highest BCUT2D eigenvalue weighted by atomic mass is 15.1. The van der Waals surface area contributed by atoms with E-state index in [2.05, 4.69) is 53.5 Å². The minimum atomic E-state index is 0.339. The molecule has 0 aromatic heterocycles. The summed E-state index contributed by atoms with van der Waals surface area (Å²) in [6.07, 6.45) is 1.23. The summed E-state index contributed by atoms with van der Waals surface area (Å²) in [4.78, 5) is 2.46. The van der Waals surface area contributed by atoms with E-state index in [9.17, 15) is 0 Å². The fraction of sp³-hybridized carbons (Fsp3) is 1.00. The third-order valence-corrected chi connectivity index (χ3v) is 3.60. The SMILES string of the molecule is CC(C)CC(CN)CN(C)C(C)C(C)(C)C. The van der Waals surface area contributed by atoms with Crippen LogP contribution in [0.1, 0.15) is 48.0 Å². The molecule has 2 N–H and O–H groups in total. The zero-order valence-corrected chi connectivity index (χ0v) is 12.4. The van der Waals surface area contributed by atoms with Gasteiger partial charge in [0.2, 0.25) is 0 Å². The van der Waals surface area contributed by atoms with Crippen molar-refractivity contribution in [2.75, 3.05) is 20.1 Å². The minimum absolute atomic E-state index is 0.339. The second-order valence-corrected chi connectivity index (χ2v) is 6.71. The van der Waals surface area contributed by atoms with Crippen LogP contribution in [0.15, 0.2) is 0 Å². The van der Waals surface area contributed by atoms with Crippen LogP contribution in [0.3, 0.4) is 0 Å². The van der Waals surface area contributed by atoms with Crippen molar-refractivity contribution in [1.82, 2.24) is 4.90 Å². The Labute approximate surface area is 103 Å². The van der Waals surface area contributed by atoms with Gasteiger partial charge >= 0.3 is 0 Å². The molecular weight excluding hydrogens is 196 g/mol. The molecule has 0 saturated heterocycles. The molecule has 0 aliphatic rings. The molecule has 0 aromatic rings. The highest BCUT2D eigenvalue weighted by Gasteiger charge is 2.25. The maximum absolute atomic E-state index is 5.85. The van der Waals surface area contributed by atoms with E-state index < -0.39 is 0 Å². The Morgan fingerprint density at radius 1 is 1.12 bits per heavy atom. The molecule has 0 heterocycles. The second-order valence-electron chi connectivity index (χ2n) is 6.71. The summed E-state index contributed by atoms with van der Waals surface area (Å²) in [5.74, 6) is 1.38. The smallest absolute Gasteiger partial charge is 0.0112 e. The quantitative estimate of drug-likeness (QED) is 0.757. The zero-order valence-electron chi connectivity index (χ0n) is 12.4. The fourth-order valence-corrected chi connectivity index (χ4v) is 2.14. The van der Waals surface area contributed by atoms with Crippen molar-refractivity contribution >= 4 is 0 Å². The molecule has 16 heavy (non-hydrogen) atoms. The summed E-state index contributed by atoms with van der Waals surface area (Å²) in [5.41, 5.74) is 6.19. The van der Waals surface area contributed by atoms with Crippen LogP contribution in [0.4, 0.5) is 0 Å². The Morgan fingerprint density at radius 2 is 1.62 bits per heavy atom. The number of nitrogens with two attached hydrogens (primary N) is 1. The van der Waals surface area contributed by atoms with Gasteiger partial charge in [0, 0.05) is 12.6 Å². The molecule has 0 saturated carbocycles. The third-order valence-electron chi connectivity index (χ3n) is 3.60. The number of rotatable bonds is 6. The number of hydrogen-bond acceptors (Lipinski definition) is 2. The summed E-state index contributed by atoms with van der Waals surface area (Å²) in [6, 6.07) is 0.591. The molecule has 2 nitrogen and oxygen atoms in total. The van der Waals surface area contributed by atoms with Gasteiger partial charge in [0.15, 0.2) is 0 Å².